The number of pyridine rings is 1. The molecule has 1 aromatic heterocycles. The lowest BCUT2D eigenvalue weighted by atomic mass is 10.1. The molecule has 0 aliphatic rings. The number of nitrogen functional groups attached to an aromatic ring is 1. The molecule has 0 aliphatic heterocycles. The molecule has 92 valence electrons. The van der Waals surface area contributed by atoms with Crippen LogP contribution in [-0.4, -0.2) is 23.0 Å². The Bertz CT molecular complexity index is 570. The van der Waals surface area contributed by atoms with E-state index in [0.717, 1.165) is 0 Å². The molecule has 5 heteroatoms. The average molecular weight is 243 g/mol. The van der Waals surface area contributed by atoms with Crippen molar-refractivity contribution in [2.75, 3.05) is 17.7 Å². The highest BCUT2D eigenvalue weighted by atomic mass is 16.3. The monoisotopic (exact) mass is 243 g/mol. The molecule has 0 saturated heterocycles. The van der Waals surface area contributed by atoms with Crippen LogP contribution in [0.25, 0.3) is 0 Å². The van der Waals surface area contributed by atoms with Crippen LogP contribution < -0.4 is 10.6 Å². The quantitative estimate of drug-likeness (QED) is 0.620. The van der Waals surface area contributed by atoms with Gasteiger partial charge in [-0.15, -0.1) is 0 Å². The maximum Gasteiger partial charge on any atom is 0.260 e. The van der Waals surface area contributed by atoms with Crippen LogP contribution in [0.1, 0.15) is 10.4 Å². The summed E-state index contributed by atoms with van der Waals surface area (Å²) < 4.78 is 0. The molecule has 1 heterocycles. The van der Waals surface area contributed by atoms with Crippen molar-refractivity contribution in [3.63, 3.8) is 0 Å². The molecule has 0 atom stereocenters. The number of nitrogens with two attached hydrogens (primary N) is 1. The molecule has 0 radical (unpaired) electrons. The van der Waals surface area contributed by atoms with Gasteiger partial charge in [-0.2, -0.15) is 0 Å². The van der Waals surface area contributed by atoms with Crippen molar-refractivity contribution in [2.24, 2.45) is 0 Å². The van der Waals surface area contributed by atoms with Gasteiger partial charge >= 0.3 is 0 Å². The van der Waals surface area contributed by atoms with Gasteiger partial charge in [0.2, 0.25) is 0 Å². The predicted molar refractivity (Wildman–Crippen MR) is 69.5 cm³/mol. The van der Waals surface area contributed by atoms with E-state index in [4.69, 9.17) is 5.73 Å². The summed E-state index contributed by atoms with van der Waals surface area (Å²) in [5.74, 6) is -0.273. The minimum absolute atomic E-state index is 0.00989. The summed E-state index contributed by atoms with van der Waals surface area (Å²) in [4.78, 5) is 17.6. The fourth-order valence-electron chi connectivity index (χ4n) is 1.60. The molecule has 1 amide bonds. The Hall–Kier alpha value is -2.56. The summed E-state index contributed by atoms with van der Waals surface area (Å²) in [7, 11) is 1.64. The van der Waals surface area contributed by atoms with Crippen molar-refractivity contribution in [1.29, 1.82) is 0 Å². The van der Waals surface area contributed by atoms with Gasteiger partial charge in [-0.05, 0) is 30.3 Å². The van der Waals surface area contributed by atoms with Gasteiger partial charge in [-0.25, -0.2) is 0 Å². The number of phenols is 1. The minimum Gasteiger partial charge on any atom is -0.508 e. The summed E-state index contributed by atoms with van der Waals surface area (Å²) in [6, 6.07) is 7.74. The number of hydrogen-bond donors (Lipinski definition) is 2. The average Bonchev–Trinajstić information content (AvgIpc) is 2.41. The zero-order valence-electron chi connectivity index (χ0n) is 9.87. The number of hydrogen-bond acceptors (Lipinski definition) is 4. The molecule has 0 spiro atoms. The first-order valence-corrected chi connectivity index (χ1v) is 5.36. The summed E-state index contributed by atoms with van der Waals surface area (Å²) in [6.45, 7) is 0. The molecule has 0 saturated carbocycles. The minimum atomic E-state index is -0.283. The van der Waals surface area contributed by atoms with Crippen molar-refractivity contribution in [1.82, 2.24) is 4.98 Å². The van der Waals surface area contributed by atoms with Crippen molar-refractivity contribution in [3.8, 4) is 5.75 Å². The fraction of sp³-hybridized carbons (Fsp3) is 0.0769. The Balaban J connectivity index is 2.34. The number of aromatic hydroxyl groups is 1. The number of carbonyl (C=O) groups excluding carboxylic acids is 1. The second-order valence-electron chi connectivity index (χ2n) is 3.84. The Morgan fingerprint density at radius 2 is 1.94 bits per heavy atom. The van der Waals surface area contributed by atoms with Crippen LogP contribution in [0.2, 0.25) is 0 Å². The van der Waals surface area contributed by atoms with Crippen LogP contribution in [0.5, 0.6) is 5.75 Å². The van der Waals surface area contributed by atoms with Crippen LogP contribution in [-0.2, 0) is 0 Å². The molecule has 3 N–H and O–H groups in total. The van der Waals surface area contributed by atoms with E-state index >= 15 is 0 Å². The Morgan fingerprint density at radius 1 is 1.28 bits per heavy atom. The third-order valence-corrected chi connectivity index (χ3v) is 2.62. The van der Waals surface area contributed by atoms with Crippen LogP contribution in [0.4, 0.5) is 11.4 Å². The number of nitrogens with zero attached hydrogens (tertiary/aromatic N) is 2. The van der Waals surface area contributed by atoms with Crippen molar-refractivity contribution < 1.29 is 9.90 Å². The number of phenolic OH excluding ortho intramolecular Hbond substituents is 1. The lowest BCUT2D eigenvalue weighted by Crippen LogP contribution is -2.26. The van der Waals surface area contributed by atoms with E-state index in [1.54, 1.807) is 31.6 Å². The van der Waals surface area contributed by atoms with Gasteiger partial charge in [-0.1, -0.05) is 0 Å². The number of amides is 1. The Morgan fingerprint density at radius 3 is 2.61 bits per heavy atom. The van der Waals surface area contributed by atoms with E-state index in [0.29, 0.717) is 11.4 Å². The number of aromatic nitrogens is 1. The van der Waals surface area contributed by atoms with Gasteiger partial charge in [0.15, 0.2) is 0 Å². The SMILES string of the molecule is CN(C(=O)c1cc(O)ccc1N)c1ccncc1. The van der Waals surface area contributed by atoms with E-state index in [2.05, 4.69) is 4.98 Å². The summed E-state index contributed by atoms with van der Waals surface area (Å²) in [5.41, 5.74) is 7.05. The summed E-state index contributed by atoms with van der Waals surface area (Å²) >= 11 is 0. The predicted octanol–water partition coefficient (Wildman–Crippen LogP) is 1.65. The van der Waals surface area contributed by atoms with Crippen molar-refractivity contribution in [2.45, 2.75) is 0 Å². The number of anilines is 2. The molecular weight excluding hydrogens is 230 g/mol. The topological polar surface area (TPSA) is 79.5 Å². The van der Waals surface area contributed by atoms with E-state index in [9.17, 15) is 9.90 Å². The third-order valence-electron chi connectivity index (χ3n) is 2.62. The maximum atomic E-state index is 12.2. The van der Waals surface area contributed by atoms with Gasteiger partial charge < -0.3 is 15.7 Å². The van der Waals surface area contributed by atoms with E-state index in [-0.39, 0.29) is 17.2 Å². The normalized spacial score (nSPS) is 10.1. The number of rotatable bonds is 2. The van der Waals surface area contributed by atoms with E-state index in [1.807, 2.05) is 0 Å². The van der Waals surface area contributed by atoms with Gasteiger partial charge in [0.05, 0.1) is 5.56 Å². The van der Waals surface area contributed by atoms with Crippen LogP contribution in [0.15, 0.2) is 42.7 Å². The highest BCUT2D eigenvalue weighted by molar-refractivity contribution is 6.09. The largest absolute Gasteiger partial charge is 0.508 e. The Labute approximate surface area is 104 Å². The summed E-state index contributed by atoms with van der Waals surface area (Å²) in [5, 5.41) is 9.40. The highest BCUT2D eigenvalue weighted by Crippen LogP contribution is 2.22. The van der Waals surface area contributed by atoms with Crippen LogP contribution in [0, 0.1) is 0 Å². The van der Waals surface area contributed by atoms with E-state index in [1.165, 1.54) is 23.1 Å². The molecule has 0 unspecified atom stereocenters. The maximum absolute atomic E-state index is 12.2. The highest BCUT2D eigenvalue weighted by Gasteiger charge is 2.16. The summed E-state index contributed by atoms with van der Waals surface area (Å²) in [6.07, 6.45) is 3.20. The Kier molecular flexibility index (Phi) is 3.14. The van der Waals surface area contributed by atoms with Crippen LogP contribution >= 0.6 is 0 Å². The van der Waals surface area contributed by atoms with E-state index < -0.39 is 0 Å². The third kappa shape index (κ3) is 2.24. The van der Waals surface area contributed by atoms with Gasteiger partial charge in [0.25, 0.3) is 5.91 Å². The van der Waals surface area contributed by atoms with Crippen LogP contribution in [0.3, 0.4) is 0 Å². The molecule has 5 nitrogen and oxygen atoms in total. The first kappa shape index (κ1) is 11.9. The smallest absolute Gasteiger partial charge is 0.260 e. The van der Waals surface area contributed by atoms with Gasteiger partial charge in [0, 0.05) is 30.8 Å². The second kappa shape index (κ2) is 4.75. The van der Waals surface area contributed by atoms with Crippen molar-refractivity contribution >= 4 is 17.3 Å². The molecule has 2 rings (SSSR count). The lowest BCUT2D eigenvalue weighted by Gasteiger charge is -2.18. The number of benzene rings is 1. The lowest BCUT2D eigenvalue weighted by molar-refractivity contribution is 0.0993. The molecule has 0 bridgehead atoms. The van der Waals surface area contributed by atoms with Crippen molar-refractivity contribution in [3.05, 3.63) is 48.3 Å². The fourth-order valence-corrected chi connectivity index (χ4v) is 1.60. The van der Waals surface area contributed by atoms with Gasteiger partial charge in [0.1, 0.15) is 5.75 Å². The number of carbonyl (C=O) groups is 1. The zero-order valence-corrected chi connectivity index (χ0v) is 9.87. The molecule has 1 aromatic carbocycles. The second-order valence-corrected chi connectivity index (χ2v) is 3.84. The standard InChI is InChI=1S/C13H13N3O2/c1-16(9-4-6-15-7-5-9)13(18)11-8-10(17)2-3-12(11)14/h2-8,17H,14H2,1H3. The first-order chi connectivity index (χ1) is 8.59. The molecular formula is C13H13N3O2. The molecule has 18 heavy (non-hydrogen) atoms. The molecule has 0 aliphatic carbocycles. The molecule has 2 aromatic rings. The molecule has 0 fully saturated rings. The first-order valence-electron chi connectivity index (χ1n) is 5.36. The zero-order chi connectivity index (χ0) is 13.1. The van der Waals surface area contributed by atoms with Gasteiger partial charge in [-0.3, -0.25) is 9.78 Å².